The van der Waals surface area contributed by atoms with Gasteiger partial charge in [-0.05, 0) is 18.4 Å². The van der Waals surface area contributed by atoms with Gasteiger partial charge in [0.05, 0.1) is 5.39 Å². The second-order valence-electron chi connectivity index (χ2n) is 4.29. The van der Waals surface area contributed by atoms with Crippen LogP contribution < -0.4 is 16.0 Å². The molecule has 0 saturated carbocycles. The molecule has 5 nitrogen and oxygen atoms in total. The molecule has 3 rings (SSSR count). The van der Waals surface area contributed by atoms with Crippen molar-refractivity contribution in [2.24, 2.45) is 0 Å². The Bertz CT molecular complexity index is 538. The van der Waals surface area contributed by atoms with Crippen molar-refractivity contribution in [1.29, 1.82) is 0 Å². The summed E-state index contributed by atoms with van der Waals surface area (Å²) in [5.41, 5.74) is 5.78. The number of nitrogen functional groups attached to an aromatic ring is 1. The number of nitrogens with two attached hydrogens (primary N) is 1. The molecule has 1 atom stereocenters. The summed E-state index contributed by atoms with van der Waals surface area (Å²) < 4.78 is 0. The third kappa shape index (κ3) is 1.83. The minimum absolute atomic E-state index is 0.362. The second-order valence-corrected chi connectivity index (χ2v) is 5.19. The molecule has 3 heterocycles. The van der Waals surface area contributed by atoms with Gasteiger partial charge in [-0.3, -0.25) is 0 Å². The summed E-state index contributed by atoms with van der Waals surface area (Å²) in [6.07, 6.45) is 0. The fraction of sp³-hybridized carbons (Fsp3) is 0.455. The van der Waals surface area contributed by atoms with E-state index in [1.807, 2.05) is 5.38 Å². The van der Waals surface area contributed by atoms with Gasteiger partial charge in [0.25, 0.3) is 0 Å². The van der Waals surface area contributed by atoms with Gasteiger partial charge in [0.15, 0.2) is 0 Å². The van der Waals surface area contributed by atoms with Crippen molar-refractivity contribution < 1.29 is 0 Å². The average molecular weight is 249 g/mol. The zero-order valence-electron chi connectivity index (χ0n) is 9.68. The van der Waals surface area contributed by atoms with Gasteiger partial charge in [0.1, 0.15) is 10.6 Å². The van der Waals surface area contributed by atoms with Gasteiger partial charge >= 0.3 is 0 Å². The Labute approximate surface area is 104 Å². The van der Waals surface area contributed by atoms with E-state index in [1.54, 1.807) is 11.3 Å². The van der Waals surface area contributed by atoms with Gasteiger partial charge in [-0.25, -0.2) is 4.98 Å². The van der Waals surface area contributed by atoms with E-state index in [-0.39, 0.29) is 0 Å². The van der Waals surface area contributed by atoms with Gasteiger partial charge in [0.2, 0.25) is 5.95 Å². The first-order valence-electron chi connectivity index (χ1n) is 5.74. The number of thiophene rings is 1. The molecule has 1 aliphatic rings. The minimum atomic E-state index is 0.362. The topological polar surface area (TPSA) is 67.1 Å². The first kappa shape index (κ1) is 10.7. The summed E-state index contributed by atoms with van der Waals surface area (Å²) in [7, 11) is 0. The van der Waals surface area contributed by atoms with E-state index in [4.69, 9.17) is 5.73 Å². The van der Waals surface area contributed by atoms with Gasteiger partial charge in [-0.1, -0.05) is 0 Å². The molecule has 0 radical (unpaired) electrons. The van der Waals surface area contributed by atoms with E-state index in [2.05, 4.69) is 33.2 Å². The van der Waals surface area contributed by atoms with Gasteiger partial charge in [-0.15, -0.1) is 11.3 Å². The summed E-state index contributed by atoms with van der Waals surface area (Å²) in [6.45, 7) is 5.13. The van der Waals surface area contributed by atoms with Crippen LogP contribution in [-0.4, -0.2) is 35.6 Å². The molecule has 0 bridgehead atoms. The van der Waals surface area contributed by atoms with Crippen molar-refractivity contribution in [3.63, 3.8) is 0 Å². The molecule has 6 heteroatoms. The molecule has 1 saturated heterocycles. The van der Waals surface area contributed by atoms with Crippen LogP contribution in [0.25, 0.3) is 10.2 Å². The first-order valence-corrected chi connectivity index (χ1v) is 6.62. The lowest BCUT2D eigenvalue weighted by Crippen LogP contribution is -2.50. The molecule has 0 unspecified atom stereocenters. The highest BCUT2D eigenvalue weighted by atomic mass is 32.1. The summed E-state index contributed by atoms with van der Waals surface area (Å²) in [4.78, 5) is 12.0. The van der Waals surface area contributed by atoms with Crippen LogP contribution in [0.2, 0.25) is 0 Å². The number of rotatable bonds is 1. The Morgan fingerprint density at radius 3 is 3.24 bits per heavy atom. The van der Waals surface area contributed by atoms with E-state index < -0.39 is 0 Å². The maximum atomic E-state index is 5.78. The number of nitrogens with one attached hydrogen (secondary N) is 1. The van der Waals surface area contributed by atoms with Crippen LogP contribution in [0.5, 0.6) is 0 Å². The van der Waals surface area contributed by atoms with E-state index in [0.717, 1.165) is 35.7 Å². The van der Waals surface area contributed by atoms with Crippen molar-refractivity contribution >= 4 is 33.3 Å². The molecule has 17 heavy (non-hydrogen) atoms. The largest absolute Gasteiger partial charge is 0.368 e. The summed E-state index contributed by atoms with van der Waals surface area (Å²) in [6, 6.07) is 2.50. The van der Waals surface area contributed by atoms with E-state index in [0.29, 0.717) is 12.0 Å². The monoisotopic (exact) mass is 249 g/mol. The normalized spacial score (nSPS) is 21.0. The lowest BCUT2D eigenvalue weighted by atomic mass is 10.2. The van der Waals surface area contributed by atoms with Crippen LogP contribution in [0.3, 0.4) is 0 Å². The van der Waals surface area contributed by atoms with Gasteiger partial charge in [0, 0.05) is 25.7 Å². The predicted octanol–water partition coefficient (Wildman–Crippen LogP) is 1.07. The molecule has 2 aromatic rings. The Balaban J connectivity index is 2.11. The lowest BCUT2D eigenvalue weighted by molar-refractivity contribution is 0.498. The summed E-state index contributed by atoms with van der Waals surface area (Å²) in [5.74, 6) is 1.34. The number of piperazine rings is 1. The van der Waals surface area contributed by atoms with Crippen molar-refractivity contribution in [3.8, 4) is 0 Å². The van der Waals surface area contributed by atoms with Crippen LogP contribution in [0, 0.1) is 0 Å². The number of aromatic nitrogens is 2. The van der Waals surface area contributed by atoms with Crippen molar-refractivity contribution in [1.82, 2.24) is 15.3 Å². The molecule has 0 spiro atoms. The maximum Gasteiger partial charge on any atom is 0.223 e. The molecule has 0 aromatic carbocycles. The van der Waals surface area contributed by atoms with Gasteiger partial charge in [-0.2, -0.15) is 4.98 Å². The predicted molar refractivity (Wildman–Crippen MR) is 71.5 cm³/mol. The van der Waals surface area contributed by atoms with Gasteiger partial charge < -0.3 is 16.0 Å². The zero-order valence-corrected chi connectivity index (χ0v) is 10.5. The molecule has 0 amide bonds. The Morgan fingerprint density at radius 1 is 1.53 bits per heavy atom. The van der Waals surface area contributed by atoms with Crippen molar-refractivity contribution in [3.05, 3.63) is 11.4 Å². The summed E-state index contributed by atoms with van der Waals surface area (Å²) >= 11 is 1.61. The Hall–Kier alpha value is -1.40. The van der Waals surface area contributed by atoms with Crippen LogP contribution in [0.4, 0.5) is 11.8 Å². The average Bonchev–Trinajstić information content (AvgIpc) is 2.76. The quantitative estimate of drug-likeness (QED) is 0.791. The Kier molecular flexibility index (Phi) is 2.60. The highest BCUT2D eigenvalue weighted by molar-refractivity contribution is 7.16. The molecule has 1 aliphatic heterocycles. The molecule has 0 aliphatic carbocycles. The van der Waals surface area contributed by atoms with E-state index >= 15 is 0 Å². The van der Waals surface area contributed by atoms with Crippen LogP contribution in [-0.2, 0) is 0 Å². The number of hydrogen-bond donors (Lipinski definition) is 2. The van der Waals surface area contributed by atoms with Crippen LogP contribution in [0.1, 0.15) is 6.92 Å². The second kappa shape index (κ2) is 4.12. The smallest absolute Gasteiger partial charge is 0.223 e. The van der Waals surface area contributed by atoms with Crippen molar-refractivity contribution in [2.45, 2.75) is 13.0 Å². The SMILES string of the molecule is C[C@H]1CNCCN1c1nc(N)nc2sccc12. The fourth-order valence-electron chi connectivity index (χ4n) is 2.23. The number of anilines is 2. The van der Waals surface area contributed by atoms with Crippen molar-refractivity contribution in [2.75, 3.05) is 30.3 Å². The maximum absolute atomic E-state index is 5.78. The standard InChI is InChI=1S/C11H15N5S/c1-7-6-13-3-4-16(7)9-8-2-5-17-10(8)15-11(12)14-9/h2,5,7,13H,3-4,6H2,1H3,(H2,12,14,15)/t7-/m0/s1. The molecular formula is C11H15N5S. The highest BCUT2D eigenvalue weighted by Gasteiger charge is 2.22. The highest BCUT2D eigenvalue weighted by Crippen LogP contribution is 2.29. The molecule has 90 valence electrons. The van der Waals surface area contributed by atoms with Crippen LogP contribution >= 0.6 is 11.3 Å². The number of hydrogen-bond acceptors (Lipinski definition) is 6. The molecule has 3 N–H and O–H groups in total. The molecular weight excluding hydrogens is 234 g/mol. The lowest BCUT2D eigenvalue weighted by Gasteiger charge is -2.35. The molecule has 2 aromatic heterocycles. The summed E-state index contributed by atoms with van der Waals surface area (Å²) in [5, 5.41) is 6.52. The first-order chi connectivity index (χ1) is 8.25. The Morgan fingerprint density at radius 2 is 2.41 bits per heavy atom. The fourth-order valence-corrected chi connectivity index (χ4v) is 3.00. The number of nitrogens with zero attached hydrogens (tertiary/aromatic N) is 3. The van der Waals surface area contributed by atoms with E-state index in [9.17, 15) is 0 Å². The zero-order chi connectivity index (χ0) is 11.8. The van der Waals surface area contributed by atoms with E-state index in [1.165, 1.54) is 0 Å². The molecule has 1 fully saturated rings. The number of fused-ring (bicyclic) bond motifs is 1. The minimum Gasteiger partial charge on any atom is -0.368 e. The third-order valence-electron chi connectivity index (χ3n) is 3.10. The van der Waals surface area contributed by atoms with Crippen LogP contribution in [0.15, 0.2) is 11.4 Å². The third-order valence-corrected chi connectivity index (χ3v) is 3.90.